The molecule has 0 aromatic heterocycles. The Labute approximate surface area is 163 Å². The summed E-state index contributed by atoms with van der Waals surface area (Å²) < 4.78 is 6.73. The van der Waals surface area contributed by atoms with Gasteiger partial charge >= 0.3 is 0 Å². The monoisotopic (exact) mass is 419 g/mol. The number of nitrogens with one attached hydrogen (secondary N) is 2. The highest BCUT2D eigenvalue weighted by molar-refractivity contribution is 9.10. The fourth-order valence-electron chi connectivity index (χ4n) is 2.33. The number of anilines is 1. The third-order valence-electron chi connectivity index (χ3n) is 3.77. The van der Waals surface area contributed by atoms with Gasteiger partial charge in [-0.05, 0) is 51.4 Å². The number of rotatable bonds is 9. The van der Waals surface area contributed by atoms with Crippen molar-refractivity contribution >= 4 is 27.5 Å². The molecule has 2 aromatic rings. The first-order valence-electron chi connectivity index (χ1n) is 8.57. The van der Waals surface area contributed by atoms with Gasteiger partial charge in [0.25, 0.3) is 5.91 Å². The number of carbonyl (C=O) groups is 1. The van der Waals surface area contributed by atoms with Crippen LogP contribution < -0.4 is 15.4 Å². The zero-order chi connectivity index (χ0) is 18.9. The number of halogens is 1. The molecule has 140 valence electrons. The molecule has 0 heterocycles. The molecule has 0 saturated carbocycles. The van der Waals surface area contributed by atoms with E-state index in [1.54, 1.807) is 0 Å². The van der Waals surface area contributed by atoms with Crippen LogP contribution >= 0.6 is 15.9 Å². The van der Waals surface area contributed by atoms with Gasteiger partial charge in [0.05, 0.1) is 0 Å². The van der Waals surface area contributed by atoms with Crippen LogP contribution in [0.5, 0.6) is 5.75 Å². The van der Waals surface area contributed by atoms with E-state index in [0.717, 1.165) is 34.4 Å². The van der Waals surface area contributed by atoms with Crippen molar-refractivity contribution in [3.63, 3.8) is 0 Å². The number of amides is 1. The lowest BCUT2D eigenvalue weighted by Gasteiger charge is -2.14. The summed E-state index contributed by atoms with van der Waals surface area (Å²) in [6.07, 6.45) is 0. The molecule has 0 aliphatic carbocycles. The second-order valence-electron chi connectivity index (χ2n) is 6.43. The number of benzene rings is 2. The number of ether oxygens (including phenoxy) is 1. The van der Waals surface area contributed by atoms with Gasteiger partial charge in [-0.2, -0.15) is 0 Å². The number of carbonyl (C=O) groups excluding carboxylic acids is 1. The number of likely N-dealkylation sites (N-methyl/N-ethyl adjacent to an activating group) is 1. The van der Waals surface area contributed by atoms with Crippen molar-refractivity contribution in [3.05, 3.63) is 58.1 Å². The predicted molar refractivity (Wildman–Crippen MR) is 110 cm³/mol. The lowest BCUT2D eigenvalue weighted by Crippen LogP contribution is -2.26. The minimum Gasteiger partial charge on any atom is -0.483 e. The Kier molecular flexibility index (Phi) is 8.09. The maximum atomic E-state index is 12.1. The summed E-state index contributed by atoms with van der Waals surface area (Å²) in [6.45, 7) is 4.51. The van der Waals surface area contributed by atoms with Gasteiger partial charge in [0.1, 0.15) is 5.75 Å². The van der Waals surface area contributed by atoms with Crippen LogP contribution in [0, 0.1) is 6.92 Å². The molecular weight excluding hydrogens is 394 g/mol. The molecule has 2 rings (SSSR count). The maximum Gasteiger partial charge on any atom is 0.262 e. The Morgan fingerprint density at radius 3 is 2.58 bits per heavy atom. The molecule has 0 fully saturated rings. The van der Waals surface area contributed by atoms with Crippen LogP contribution in [0.25, 0.3) is 0 Å². The van der Waals surface area contributed by atoms with Gasteiger partial charge in [0, 0.05) is 35.4 Å². The van der Waals surface area contributed by atoms with E-state index < -0.39 is 0 Å². The summed E-state index contributed by atoms with van der Waals surface area (Å²) in [5.41, 5.74) is 2.94. The number of nitrogens with zero attached hydrogens (tertiary/aromatic N) is 1. The van der Waals surface area contributed by atoms with Crippen LogP contribution in [-0.2, 0) is 11.3 Å². The van der Waals surface area contributed by atoms with Crippen LogP contribution in [0.3, 0.4) is 0 Å². The van der Waals surface area contributed by atoms with Crippen LogP contribution in [0.1, 0.15) is 11.1 Å². The van der Waals surface area contributed by atoms with Crippen LogP contribution in [0.2, 0.25) is 0 Å². The van der Waals surface area contributed by atoms with Gasteiger partial charge in [0.2, 0.25) is 0 Å². The van der Waals surface area contributed by atoms with Crippen molar-refractivity contribution in [3.8, 4) is 5.75 Å². The molecule has 2 aromatic carbocycles. The molecule has 0 radical (unpaired) electrons. The van der Waals surface area contributed by atoms with Crippen molar-refractivity contribution in [2.45, 2.75) is 13.5 Å². The van der Waals surface area contributed by atoms with Gasteiger partial charge in [-0.25, -0.2) is 0 Å². The quantitative estimate of drug-likeness (QED) is 0.611. The summed E-state index contributed by atoms with van der Waals surface area (Å²) in [5, 5.41) is 6.23. The van der Waals surface area contributed by atoms with Crippen molar-refractivity contribution in [2.75, 3.05) is 39.1 Å². The minimum absolute atomic E-state index is 0.0276. The van der Waals surface area contributed by atoms with Crippen LogP contribution in [0.15, 0.2) is 46.9 Å². The average molecular weight is 420 g/mol. The Morgan fingerprint density at radius 1 is 1.15 bits per heavy atom. The Morgan fingerprint density at radius 2 is 1.88 bits per heavy atom. The van der Waals surface area contributed by atoms with Gasteiger partial charge in [-0.3, -0.25) is 4.79 Å². The van der Waals surface area contributed by atoms with Crippen molar-refractivity contribution in [2.24, 2.45) is 0 Å². The smallest absolute Gasteiger partial charge is 0.262 e. The van der Waals surface area contributed by atoms with Gasteiger partial charge in [0.15, 0.2) is 6.61 Å². The predicted octanol–water partition coefficient (Wildman–Crippen LogP) is 3.43. The van der Waals surface area contributed by atoms with E-state index in [1.165, 1.54) is 0 Å². The van der Waals surface area contributed by atoms with Gasteiger partial charge in [-0.15, -0.1) is 0 Å². The number of aryl methyl sites for hydroxylation is 1. The van der Waals surface area contributed by atoms with E-state index in [0.29, 0.717) is 12.3 Å². The maximum absolute atomic E-state index is 12.1. The minimum atomic E-state index is -0.178. The Hall–Kier alpha value is -1.89. The zero-order valence-corrected chi connectivity index (χ0v) is 17.1. The normalized spacial score (nSPS) is 10.8. The van der Waals surface area contributed by atoms with Crippen LogP contribution in [0.4, 0.5) is 5.69 Å². The summed E-state index contributed by atoms with van der Waals surface area (Å²) in [4.78, 5) is 14.2. The van der Waals surface area contributed by atoms with E-state index in [1.807, 2.05) is 63.5 Å². The molecule has 0 atom stereocenters. The summed E-state index contributed by atoms with van der Waals surface area (Å²) in [5.74, 6) is 0.535. The molecule has 26 heavy (non-hydrogen) atoms. The highest BCUT2D eigenvalue weighted by Crippen LogP contribution is 2.23. The lowest BCUT2D eigenvalue weighted by molar-refractivity contribution is -0.118. The molecular formula is C20H26BrN3O2. The first-order valence-corrected chi connectivity index (χ1v) is 9.36. The topological polar surface area (TPSA) is 53.6 Å². The SMILES string of the molecule is Cc1ccc(NC(=O)COc2ccc(Br)cc2CNCCN(C)C)cc1. The zero-order valence-electron chi connectivity index (χ0n) is 15.5. The number of hydrogen-bond donors (Lipinski definition) is 2. The van der Waals surface area contributed by atoms with Crippen molar-refractivity contribution < 1.29 is 9.53 Å². The van der Waals surface area contributed by atoms with E-state index in [9.17, 15) is 4.79 Å². The van der Waals surface area contributed by atoms with Crippen LogP contribution in [-0.4, -0.2) is 44.6 Å². The molecule has 0 unspecified atom stereocenters. The van der Waals surface area contributed by atoms with Gasteiger partial charge < -0.3 is 20.3 Å². The first kappa shape index (κ1) is 20.4. The summed E-state index contributed by atoms with van der Waals surface area (Å²) >= 11 is 3.49. The molecule has 0 saturated heterocycles. The molecule has 0 aliphatic rings. The summed E-state index contributed by atoms with van der Waals surface area (Å²) in [7, 11) is 4.09. The highest BCUT2D eigenvalue weighted by Gasteiger charge is 2.08. The lowest BCUT2D eigenvalue weighted by atomic mass is 10.2. The van der Waals surface area contributed by atoms with E-state index in [4.69, 9.17) is 4.74 Å². The fraction of sp³-hybridized carbons (Fsp3) is 0.350. The number of hydrogen-bond acceptors (Lipinski definition) is 4. The molecule has 1 amide bonds. The molecule has 0 aliphatic heterocycles. The molecule has 0 bridgehead atoms. The fourth-order valence-corrected chi connectivity index (χ4v) is 2.74. The molecule has 5 nitrogen and oxygen atoms in total. The third-order valence-corrected chi connectivity index (χ3v) is 4.26. The second-order valence-corrected chi connectivity index (χ2v) is 7.35. The van der Waals surface area contributed by atoms with E-state index in [2.05, 4.69) is 31.5 Å². The highest BCUT2D eigenvalue weighted by atomic mass is 79.9. The largest absolute Gasteiger partial charge is 0.483 e. The van der Waals surface area contributed by atoms with E-state index >= 15 is 0 Å². The third kappa shape index (κ3) is 7.15. The van der Waals surface area contributed by atoms with E-state index in [-0.39, 0.29) is 12.5 Å². The Bertz CT molecular complexity index is 717. The van der Waals surface area contributed by atoms with Gasteiger partial charge in [-0.1, -0.05) is 33.6 Å². The molecule has 2 N–H and O–H groups in total. The average Bonchev–Trinajstić information content (AvgIpc) is 2.60. The standard InChI is InChI=1S/C20H26BrN3O2/c1-15-4-7-18(8-5-15)23-20(25)14-26-19-9-6-17(21)12-16(19)13-22-10-11-24(2)3/h4-9,12,22H,10-11,13-14H2,1-3H3,(H,23,25). The molecule has 0 spiro atoms. The second kappa shape index (κ2) is 10.3. The van der Waals surface area contributed by atoms with Crippen molar-refractivity contribution in [1.29, 1.82) is 0 Å². The Balaban J connectivity index is 1.89. The first-order chi connectivity index (χ1) is 12.4. The molecule has 6 heteroatoms. The summed E-state index contributed by atoms with van der Waals surface area (Å²) in [6, 6.07) is 13.5. The van der Waals surface area contributed by atoms with Crippen molar-refractivity contribution in [1.82, 2.24) is 10.2 Å².